The van der Waals surface area contributed by atoms with Crippen LogP contribution in [0.2, 0.25) is 0 Å². The zero-order chi connectivity index (χ0) is 10.6. The standard InChI is InChI=1S/C10H14F3N/c1-2-7-14-9-5-3-8(4-6-9)10(11,12)13/h1,8-9,14H,3-7H2. The molecule has 0 saturated heterocycles. The molecule has 0 aromatic carbocycles. The van der Waals surface area contributed by atoms with E-state index in [2.05, 4.69) is 11.2 Å². The molecule has 14 heavy (non-hydrogen) atoms. The molecule has 0 bridgehead atoms. The average Bonchev–Trinajstić information content (AvgIpc) is 2.14. The Bertz CT molecular complexity index is 208. The van der Waals surface area contributed by atoms with Crippen LogP contribution in [0.25, 0.3) is 0 Å². The molecule has 0 radical (unpaired) electrons. The maximum absolute atomic E-state index is 12.3. The van der Waals surface area contributed by atoms with E-state index in [4.69, 9.17) is 6.42 Å². The summed E-state index contributed by atoms with van der Waals surface area (Å²) >= 11 is 0. The Morgan fingerprint density at radius 2 is 1.79 bits per heavy atom. The van der Waals surface area contributed by atoms with Crippen molar-refractivity contribution in [1.82, 2.24) is 5.32 Å². The predicted molar refractivity (Wildman–Crippen MR) is 48.6 cm³/mol. The van der Waals surface area contributed by atoms with Crippen LogP contribution in [-0.4, -0.2) is 18.8 Å². The lowest BCUT2D eigenvalue weighted by atomic mass is 9.85. The molecule has 0 aromatic rings. The van der Waals surface area contributed by atoms with E-state index in [-0.39, 0.29) is 18.9 Å². The molecule has 0 heterocycles. The molecule has 4 heteroatoms. The molecule has 1 rings (SSSR count). The van der Waals surface area contributed by atoms with E-state index in [0.717, 1.165) is 0 Å². The van der Waals surface area contributed by atoms with E-state index >= 15 is 0 Å². The second kappa shape index (κ2) is 4.70. The first kappa shape index (κ1) is 11.4. The first-order chi connectivity index (χ1) is 6.54. The molecular formula is C10H14F3N. The van der Waals surface area contributed by atoms with Crippen LogP contribution in [0.5, 0.6) is 0 Å². The minimum Gasteiger partial charge on any atom is -0.303 e. The van der Waals surface area contributed by atoms with Crippen LogP contribution in [0.4, 0.5) is 13.2 Å². The van der Waals surface area contributed by atoms with Crippen molar-refractivity contribution in [2.24, 2.45) is 5.92 Å². The van der Waals surface area contributed by atoms with Crippen molar-refractivity contribution >= 4 is 0 Å². The van der Waals surface area contributed by atoms with Gasteiger partial charge in [0.25, 0.3) is 0 Å². The Morgan fingerprint density at radius 1 is 1.21 bits per heavy atom. The summed E-state index contributed by atoms with van der Waals surface area (Å²) < 4.78 is 36.8. The highest BCUT2D eigenvalue weighted by Gasteiger charge is 2.41. The second-order valence-corrected chi connectivity index (χ2v) is 3.68. The summed E-state index contributed by atoms with van der Waals surface area (Å²) in [6.45, 7) is 0.446. The smallest absolute Gasteiger partial charge is 0.303 e. The number of rotatable bonds is 2. The first-order valence-corrected chi connectivity index (χ1v) is 4.77. The lowest BCUT2D eigenvalue weighted by Gasteiger charge is -2.29. The fourth-order valence-electron chi connectivity index (χ4n) is 1.83. The van der Waals surface area contributed by atoms with E-state index in [0.29, 0.717) is 19.4 Å². The summed E-state index contributed by atoms with van der Waals surface area (Å²) in [4.78, 5) is 0. The molecule has 80 valence electrons. The zero-order valence-electron chi connectivity index (χ0n) is 7.90. The van der Waals surface area contributed by atoms with E-state index in [1.165, 1.54) is 0 Å². The van der Waals surface area contributed by atoms with Gasteiger partial charge in [-0.2, -0.15) is 13.2 Å². The van der Waals surface area contributed by atoms with E-state index in [1.54, 1.807) is 0 Å². The Labute approximate surface area is 82.1 Å². The molecule has 0 atom stereocenters. The topological polar surface area (TPSA) is 12.0 Å². The van der Waals surface area contributed by atoms with Gasteiger partial charge in [0.05, 0.1) is 12.5 Å². The van der Waals surface area contributed by atoms with Crippen LogP contribution in [0, 0.1) is 18.3 Å². The fraction of sp³-hybridized carbons (Fsp3) is 0.800. The van der Waals surface area contributed by atoms with Crippen molar-refractivity contribution < 1.29 is 13.2 Å². The highest BCUT2D eigenvalue weighted by Crippen LogP contribution is 2.37. The molecular weight excluding hydrogens is 191 g/mol. The lowest BCUT2D eigenvalue weighted by Crippen LogP contribution is -2.37. The third-order valence-corrected chi connectivity index (χ3v) is 2.68. The van der Waals surface area contributed by atoms with E-state index in [1.807, 2.05) is 0 Å². The molecule has 0 aromatic heterocycles. The van der Waals surface area contributed by atoms with Gasteiger partial charge in [0.15, 0.2) is 0 Å². The minimum atomic E-state index is -4.02. The number of hydrogen-bond donors (Lipinski definition) is 1. The molecule has 1 saturated carbocycles. The van der Waals surface area contributed by atoms with E-state index in [9.17, 15) is 13.2 Å². The van der Waals surface area contributed by atoms with Gasteiger partial charge in [0.2, 0.25) is 0 Å². The summed E-state index contributed by atoms with van der Waals surface area (Å²) in [5.74, 6) is 1.32. The van der Waals surface area contributed by atoms with Gasteiger partial charge >= 0.3 is 6.18 Å². The molecule has 1 aliphatic rings. The van der Waals surface area contributed by atoms with Gasteiger partial charge < -0.3 is 5.32 Å². The van der Waals surface area contributed by atoms with Crippen LogP contribution in [0.1, 0.15) is 25.7 Å². The molecule has 1 N–H and O–H groups in total. The first-order valence-electron chi connectivity index (χ1n) is 4.77. The third-order valence-electron chi connectivity index (χ3n) is 2.68. The Kier molecular flexibility index (Phi) is 3.82. The van der Waals surface area contributed by atoms with Crippen molar-refractivity contribution in [3.8, 4) is 12.3 Å². The number of nitrogens with one attached hydrogen (secondary N) is 1. The largest absolute Gasteiger partial charge is 0.391 e. The summed E-state index contributed by atoms with van der Waals surface area (Å²) in [6.07, 6.45) is 2.64. The van der Waals surface area contributed by atoms with Crippen LogP contribution < -0.4 is 5.32 Å². The molecule has 0 amide bonds. The van der Waals surface area contributed by atoms with Gasteiger partial charge in [-0.15, -0.1) is 6.42 Å². The average molecular weight is 205 g/mol. The van der Waals surface area contributed by atoms with Crippen molar-refractivity contribution in [3.05, 3.63) is 0 Å². The molecule has 1 nitrogen and oxygen atoms in total. The molecule has 1 aliphatic carbocycles. The Morgan fingerprint density at radius 3 is 2.21 bits per heavy atom. The maximum atomic E-state index is 12.3. The van der Waals surface area contributed by atoms with Gasteiger partial charge in [0.1, 0.15) is 0 Å². The summed E-state index contributed by atoms with van der Waals surface area (Å²) in [5.41, 5.74) is 0. The quantitative estimate of drug-likeness (QED) is 0.682. The van der Waals surface area contributed by atoms with E-state index < -0.39 is 12.1 Å². The summed E-state index contributed by atoms with van der Waals surface area (Å²) in [5, 5.41) is 3.04. The van der Waals surface area contributed by atoms with Crippen molar-refractivity contribution in [2.45, 2.75) is 37.9 Å². The third kappa shape index (κ3) is 3.22. The Balaban J connectivity index is 2.29. The summed E-state index contributed by atoms with van der Waals surface area (Å²) in [7, 11) is 0. The normalized spacial score (nSPS) is 28.4. The van der Waals surface area contributed by atoms with Gasteiger partial charge in [-0.05, 0) is 25.7 Å². The van der Waals surface area contributed by atoms with Gasteiger partial charge in [-0.1, -0.05) is 5.92 Å². The molecule has 0 unspecified atom stereocenters. The van der Waals surface area contributed by atoms with Crippen molar-refractivity contribution in [3.63, 3.8) is 0 Å². The summed E-state index contributed by atoms with van der Waals surface area (Å²) in [6, 6.07) is 0.171. The van der Waals surface area contributed by atoms with Crippen LogP contribution in [0.15, 0.2) is 0 Å². The SMILES string of the molecule is C#CCNC1CCC(C(F)(F)F)CC1. The van der Waals surface area contributed by atoms with Crippen LogP contribution in [0.3, 0.4) is 0 Å². The number of terminal acetylenes is 1. The number of halogens is 3. The van der Waals surface area contributed by atoms with Crippen molar-refractivity contribution in [1.29, 1.82) is 0 Å². The highest BCUT2D eigenvalue weighted by molar-refractivity contribution is 4.89. The van der Waals surface area contributed by atoms with Crippen LogP contribution >= 0.6 is 0 Å². The lowest BCUT2D eigenvalue weighted by molar-refractivity contribution is -0.182. The monoisotopic (exact) mass is 205 g/mol. The fourth-order valence-corrected chi connectivity index (χ4v) is 1.83. The highest BCUT2D eigenvalue weighted by atomic mass is 19.4. The van der Waals surface area contributed by atoms with Gasteiger partial charge in [-0.3, -0.25) is 0 Å². The van der Waals surface area contributed by atoms with Crippen LogP contribution in [-0.2, 0) is 0 Å². The minimum absolute atomic E-state index is 0.171. The van der Waals surface area contributed by atoms with Gasteiger partial charge in [-0.25, -0.2) is 0 Å². The molecule has 1 fully saturated rings. The predicted octanol–water partition coefficient (Wildman–Crippen LogP) is 2.33. The zero-order valence-corrected chi connectivity index (χ0v) is 7.90. The second-order valence-electron chi connectivity index (χ2n) is 3.68. The molecule has 0 aliphatic heterocycles. The van der Waals surface area contributed by atoms with Gasteiger partial charge in [0, 0.05) is 6.04 Å². The maximum Gasteiger partial charge on any atom is 0.391 e. The molecule has 0 spiro atoms. The number of hydrogen-bond acceptors (Lipinski definition) is 1. The number of alkyl halides is 3. The van der Waals surface area contributed by atoms with Crippen molar-refractivity contribution in [2.75, 3.05) is 6.54 Å². The Hall–Kier alpha value is -0.690.